The summed E-state index contributed by atoms with van der Waals surface area (Å²) in [5.74, 6) is 2.88. The van der Waals surface area contributed by atoms with Crippen LogP contribution in [0.15, 0.2) is 16.5 Å². The highest BCUT2D eigenvalue weighted by atomic mass is 32.2. The number of rotatable bonds is 4. The Morgan fingerprint density at radius 3 is 2.76 bits per heavy atom. The molecular weight excluding hydrogens is 336 g/mol. The third-order valence-corrected chi connectivity index (χ3v) is 6.44. The summed E-state index contributed by atoms with van der Waals surface area (Å²) < 4.78 is 11.3. The fraction of sp³-hybridized carbons (Fsp3) is 0.737. The van der Waals surface area contributed by atoms with Gasteiger partial charge in [0.05, 0.1) is 5.75 Å². The first-order valence-corrected chi connectivity index (χ1v) is 10.8. The molecule has 2 unspecified atom stereocenters. The van der Waals surface area contributed by atoms with Gasteiger partial charge in [-0.05, 0) is 50.0 Å². The SMILES string of the molecule is CSCc1ccc(C(=O)N2CC3CCC2CN(C2CCOCC2)C3)o1. The molecule has 5 heterocycles. The van der Waals surface area contributed by atoms with Gasteiger partial charge in [0.1, 0.15) is 5.76 Å². The van der Waals surface area contributed by atoms with Gasteiger partial charge in [0.15, 0.2) is 5.76 Å². The summed E-state index contributed by atoms with van der Waals surface area (Å²) in [7, 11) is 0. The van der Waals surface area contributed by atoms with Crippen LogP contribution in [0.25, 0.3) is 0 Å². The van der Waals surface area contributed by atoms with Crippen LogP contribution in [-0.4, -0.2) is 66.9 Å². The van der Waals surface area contributed by atoms with Gasteiger partial charge in [-0.3, -0.25) is 9.69 Å². The van der Waals surface area contributed by atoms with Gasteiger partial charge in [0.25, 0.3) is 5.91 Å². The van der Waals surface area contributed by atoms with Gasteiger partial charge in [0, 0.05) is 44.9 Å². The first-order chi connectivity index (χ1) is 12.2. The van der Waals surface area contributed by atoms with Gasteiger partial charge < -0.3 is 14.1 Å². The Balaban J connectivity index is 1.46. The number of hydrogen-bond donors (Lipinski definition) is 0. The molecule has 25 heavy (non-hydrogen) atoms. The molecule has 0 radical (unpaired) electrons. The van der Waals surface area contributed by atoms with E-state index in [0.29, 0.717) is 23.8 Å². The average Bonchev–Trinajstić information content (AvgIpc) is 2.92. The Morgan fingerprint density at radius 2 is 1.96 bits per heavy atom. The Kier molecular flexibility index (Phi) is 5.39. The Labute approximate surface area is 154 Å². The second-order valence-corrected chi connectivity index (χ2v) is 8.42. The standard InChI is InChI=1S/C19H28N2O3S/c1-25-13-17-4-5-18(24-17)19(22)21-11-14-2-3-16(21)12-20(10-14)15-6-8-23-9-7-15/h4-5,14-16H,2-3,6-13H2,1H3. The van der Waals surface area contributed by atoms with Crippen molar-refractivity contribution in [3.05, 3.63) is 23.7 Å². The van der Waals surface area contributed by atoms with E-state index in [9.17, 15) is 4.79 Å². The number of furan rings is 1. The lowest BCUT2D eigenvalue weighted by atomic mass is 9.95. The van der Waals surface area contributed by atoms with E-state index in [0.717, 1.165) is 63.6 Å². The molecule has 6 heteroatoms. The number of ether oxygens (including phenoxy) is 1. The van der Waals surface area contributed by atoms with E-state index in [1.165, 1.54) is 6.42 Å². The van der Waals surface area contributed by atoms with E-state index in [4.69, 9.17) is 9.15 Å². The second kappa shape index (κ2) is 7.72. The molecule has 0 aliphatic carbocycles. The summed E-state index contributed by atoms with van der Waals surface area (Å²) in [6.07, 6.45) is 6.66. The zero-order valence-electron chi connectivity index (χ0n) is 15.0. The van der Waals surface area contributed by atoms with Crippen molar-refractivity contribution in [2.45, 2.75) is 43.5 Å². The van der Waals surface area contributed by atoms with Gasteiger partial charge in [-0.25, -0.2) is 0 Å². The van der Waals surface area contributed by atoms with E-state index in [1.807, 2.05) is 18.4 Å². The lowest BCUT2D eigenvalue weighted by Crippen LogP contribution is -2.48. The molecule has 5 rings (SSSR count). The largest absolute Gasteiger partial charge is 0.455 e. The summed E-state index contributed by atoms with van der Waals surface area (Å²) in [6.45, 7) is 4.77. The Hall–Kier alpha value is -0.980. The molecule has 0 saturated carbocycles. The fourth-order valence-electron chi connectivity index (χ4n) is 4.57. The van der Waals surface area contributed by atoms with Crippen molar-refractivity contribution in [1.82, 2.24) is 9.80 Å². The van der Waals surface area contributed by atoms with Gasteiger partial charge in [-0.2, -0.15) is 11.8 Å². The van der Waals surface area contributed by atoms with Gasteiger partial charge in [-0.15, -0.1) is 0 Å². The molecule has 4 aliphatic heterocycles. The predicted molar refractivity (Wildman–Crippen MR) is 98.9 cm³/mol. The Morgan fingerprint density at radius 1 is 1.12 bits per heavy atom. The number of hydrogen-bond acceptors (Lipinski definition) is 5. The van der Waals surface area contributed by atoms with Crippen LogP contribution in [0.2, 0.25) is 0 Å². The molecule has 2 bridgehead atoms. The van der Waals surface area contributed by atoms with Crippen LogP contribution in [-0.2, 0) is 10.5 Å². The van der Waals surface area contributed by atoms with Crippen molar-refractivity contribution in [3.63, 3.8) is 0 Å². The van der Waals surface area contributed by atoms with Crippen LogP contribution in [0.5, 0.6) is 0 Å². The molecule has 1 amide bonds. The van der Waals surface area contributed by atoms with E-state index in [-0.39, 0.29) is 5.91 Å². The van der Waals surface area contributed by atoms with Crippen LogP contribution < -0.4 is 0 Å². The van der Waals surface area contributed by atoms with Crippen molar-refractivity contribution < 1.29 is 13.9 Å². The number of amides is 1. The highest BCUT2D eigenvalue weighted by Gasteiger charge is 2.40. The normalized spacial score (nSPS) is 28.3. The minimum Gasteiger partial charge on any atom is -0.455 e. The first kappa shape index (κ1) is 17.4. The summed E-state index contributed by atoms with van der Waals surface area (Å²) in [4.78, 5) is 17.8. The number of fused-ring (bicyclic) bond motifs is 4. The molecule has 5 nitrogen and oxygen atoms in total. The van der Waals surface area contributed by atoms with Crippen LogP contribution in [0.3, 0.4) is 0 Å². The number of nitrogens with zero attached hydrogens (tertiary/aromatic N) is 2. The van der Waals surface area contributed by atoms with E-state index in [1.54, 1.807) is 11.8 Å². The smallest absolute Gasteiger partial charge is 0.289 e. The topological polar surface area (TPSA) is 45.9 Å². The van der Waals surface area contributed by atoms with Gasteiger partial charge in [0.2, 0.25) is 0 Å². The van der Waals surface area contributed by atoms with Crippen molar-refractivity contribution in [1.29, 1.82) is 0 Å². The second-order valence-electron chi connectivity index (χ2n) is 7.55. The minimum atomic E-state index is 0.0795. The maximum absolute atomic E-state index is 13.0. The van der Waals surface area contributed by atoms with Crippen LogP contribution in [0, 0.1) is 5.92 Å². The maximum atomic E-state index is 13.0. The molecule has 0 N–H and O–H groups in total. The molecule has 138 valence electrons. The minimum absolute atomic E-state index is 0.0795. The van der Waals surface area contributed by atoms with Gasteiger partial charge in [-0.1, -0.05) is 0 Å². The highest BCUT2D eigenvalue weighted by molar-refractivity contribution is 7.97. The molecule has 4 aliphatic rings. The quantitative estimate of drug-likeness (QED) is 0.822. The lowest BCUT2D eigenvalue weighted by Gasteiger charge is -2.36. The Bertz CT molecular complexity index is 599. The van der Waals surface area contributed by atoms with E-state index >= 15 is 0 Å². The molecule has 1 aromatic rings. The number of carbonyl (C=O) groups excluding carboxylic acids is 1. The maximum Gasteiger partial charge on any atom is 0.289 e. The molecule has 0 aromatic carbocycles. The summed E-state index contributed by atoms with van der Waals surface area (Å²) >= 11 is 1.71. The van der Waals surface area contributed by atoms with Crippen molar-refractivity contribution in [2.24, 2.45) is 5.92 Å². The molecule has 4 saturated heterocycles. The van der Waals surface area contributed by atoms with Crippen molar-refractivity contribution >= 4 is 17.7 Å². The number of thioether (sulfide) groups is 1. The molecule has 0 spiro atoms. The summed E-state index contributed by atoms with van der Waals surface area (Å²) in [5.41, 5.74) is 0. The average molecular weight is 365 g/mol. The monoisotopic (exact) mass is 364 g/mol. The number of piperidine rings is 1. The molecule has 2 atom stereocenters. The van der Waals surface area contributed by atoms with Crippen LogP contribution in [0.4, 0.5) is 0 Å². The first-order valence-electron chi connectivity index (χ1n) is 9.45. The van der Waals surface area contributed by atoms with E-state index < -0.39 is 0 Å². The number of carbonyl (C=O) groups is 1. The van der Waals surface area contributed by atoms with Crippen molar-refractivity contribution in [3.8, 4) is 0 Å². The zero-order chi connectivity index (χ0) is 17.2. The van der Waals surface area contributed by atoms with Crippen LogP contribution >= 0.6 is 11.8 Å². The third kappa shape index (κ3) is 3.76. The molecule has 1 aromatic heterocycles. The predicted octanol–water partition coefficient (Wildman–Crippen LogP) is 2.86. The zero-order valence-corrected chi connectivity index (χ0v) is 15.8. The summed E-state index contributed by atoms with van der Waals surface area (Å²) in [6, 6.07) is 4.74. The molecule has 4 fully saturated rings. The summed E-state index contributed by atoms with van der Waals surface area (Å²) in [5, 5.41) is 0. The lowest BCUT2D eigenvalue weighted by molar-refractivity contribution is 0.0302. The van der Waals surface area contributed by atoms with E-state index in [2.05, 4.69) is 9.80 Å². The fourth-order valence-corrected chi connectivity index (χ4v) is 5.01. The van der Waals surface area contributed by atoms with Gasteiger partial charge >= 0.3 is 0 Å². The van der Waals surface area contributed by atoms with Crippen LogP contribution in [0.1, 0.15) is 42.0 Å². The highest BCUT2D eigenvalue weighted by Crippen LogP contribution is 2.32. The van der Waals surface area contributed by atoms with Crippen molar-refractivity contribution in [2.75, 3.05) is 39.1 Å². The molecular formula is C19H28N2O3S. The third-order valence-electron chi connectivity index (χ3n) is 5.87.